The number of hydrogen-bond donors (Lipinski definition) is 1. The molecule has 1 saturated carbocycles. The smallest absolute Gasteiger partial charge is 0.231 e. The molecule has 0 bridgehead atoms. The lowest BCUT2D eigenvalue weighted by atomic mass is 10.1. The molecule has 2 aliphatic rings. The number of fused-ring (bicyclic) bond motifs is 1. The van der Waals surface area contributed by atoms with Crippen molar-refractivity contribution >= 4 is 9.84 Å². The minimum Gasteiger partial charge on any atom is -0.454 e. The van der Waals surface area contributed by atoms with Gasteiger partial charge in [-0.25, -0.2) is 8.42 Å². The Morgan fingerprint density at radius 2 is 2.05 bits per heavy atom. The zero-order chi connectivity index (χ0) is 14.2. The molecule has 20 heavy (non-hydrogen) atoms. The summed E-state index contributed by atoms with van der Waals surface area (Å²) in [7, 11) is -2.97. The largest absolute Gasteiger partial charge is 0.454 e. The van der Waals surface area contributed by atoms with E-state index in [0.29, 0.717) is 6.54 Å². The highest BCUT2D eigenvalue weighted by atomic mass is 32.2. The fourth-order valence-electron chi connectivity index (χ4n) is 2.97. The first-order valence-electron chi connectivity index (χ1n) is 6.85. The molecule has 1 heterocycles. The van der Waals surface area contributed by atoms with Gasteiger partial charge in [0.1, 0.15) is 0 Å². The standard InChI is InChI=1S/C14H19NO4S/c1-20(16,17)14-4-2-3-11(14)15-8-10-5-6-12-13(7-10)19-9-18-12/h5-7,11,14-15H,2-4,8-9H2,1H3. The monoisotopic (exact) mass is 297 g/mol. The maximum absolute atomic E-state index is 11.7. The second kappa shape index (κ2) is 5.26. The van der Waals surface area contributed by atoms with Crippen LogP contribution in [0.4, 0.5) is 0 Å². The first kappa shape index (κ1) is 13.7. The second-order valence-corrected chi connectivity index (χ2v) is 7.74. The summed E-state index contributed by atoms with van der Waals surface area (Å²) in [5.74, 6) is 1.53. The predicted octanol–water partition coefficient (Wildman–Crippen LogP) is 1.47. The normalized spacial score (nSPS) is 25.1. The molecule has 0 aromatic heterocycles. The van der Waals surface area contributed by atoms with Crippen molar-refractivity contribution in [2.75, 3.05) is 13.0 Å². The van der Waals surface area contributed by atoms with Gasteiger partial charge in [-0.2, -0.15) is 0 Å². The molecule has 0 radical (unpaired) electrons. The molecule has 5 nitrogen and oxygen atoms in total. The molecule has 0 spiro atoms. The third-order valence-electron chi connectivity index (χ3n) is 4.01. The number of nitrogens with one attached hydrogen (secondary N) is 1. The van der Waals surface area contributed by atoms with Crippen LogP contribution >= 0.6 is 0 Å². The molecule has 0 amide bonds. The zero-order valence-electron chi connectivity index (χ0n) is 11.5. The van der Waals surface area contributed by atoms with E-state index in [0.717, 1.165) is 36.3 Å². The molecule has 2 unspecified atom stereocenters. The highest BCUT2D eigenvalue weighted by molar-refractivity contribution is 7.91. The minimum absolute atomic E-state index is 0.0513. The van der Waals surface area contributed by atoms with Gasteiger partial charge in [0, 0.05) is 18.8 Å². The van der Waals surface area contributed by atoms with E-state index in [1.54, 1.807) is 0 Å². The van der Waals surface area contributed by atoms with E-state index in [2.05, 4.69) is 5.32 Å². The number of rotatable bonds is 4. The van der Waals surface area contributed by atoms with Gasteiger partial charge in [-0.05, 0) is 30.5 Å². The first-order chi connectivity index (χ1) is 9.54. The summed E-state index contributed by atoms with van der Waals surface area (Å²) in [6, 6.07) is 5.86. The number of ether oxygens (including phenoxy) is 2. The average molecular weight is 297 g/mol. The van der Waals surface area contributed by atoms with Gasteiger partial charge in [0.2, 0.25) is 6.79 Å². The Kier molecular flexibility index (Phi) is 3.60. The van der Waals surface area contributed by atoms with Gasteiger partial charge in [0.05, 0.1) is 5.25 Å². The molecule has 1 aromatic rings. The van der Waals surface area contributed by atoms with Crippen molar-refractivity contribution in [2.24, 2.45) is 0 Å². The van der Waals surface area contributed by atoms with E-state index in [4.69, 9.17) is 9.47 Å². The van der Waals surface area contributed by atoms with Crippen LogP contribution in [-0.2, 0) is 16.4 Å². The van der Waals surface area contributed by atoms with Crippen LogP contribution < -0.4 is 14.8 Å². The van der Waals surface area contributed by atoms with Crippen molar-refractivity contribution in [3.05, 3.63) is 23.8 Å². The highest BCUT2D eigenvalue weighted by Crippen LogP contribution is 2.32. The van der Waals surface area contributed by atoms with Crippen LogP contribution in [0.5, 0.6) is 11.5 Å². The summed E-state index contributed by atoms with van der Waals surface area (Å²) in [6.07, 6.45) is 3.98. The van der Waals surface area contributed by atoms with E-state index in [9.17, 15) is 8.42 Å². The summed E-state index contributed by atoms with van der Waals surface area (Å²) in [6.45, 7) is 0.915. The highest BCUT2D eigenvalue weighted by Gasteiger charge is 2.34. The number of hydrogen-bond acceptors (Lipinski definition) is 5. The molecular weight excluding hydrogens is 278 g/mol. The van der Waals surface area contributed by atoms with Crippen LogP contribution in [0.3, 0.4) is 0 Å². The Morgan fingerprint density at radius 1 is 1.25 bits per heavy atom. The van der Waals surface area contributed by atoms with Crippen molar-refractivity contribution in [1.82, 2.24) is 5.32 Å². The molecule has 1 fully saturated rings. The fraction of sp³-hybridized carbons (Fsp3) is 0.571. The van der Waals surface area contributed by atoms with E-state index >= 15 is 0 Å². The van der Waals surface area contributed by atoms with E-state index in [1.807, 2.05) is 18.2 Å². The lowest BCUT2D eigenvalue weighted by Gasteiger charge is -2.19. The second-order valence-electron chi connectivity index (χ2n) is 5.47. The molecule has 0 saturated heterocycles. The van der Waals surface area contributed by atoms with Crippen molar-refractivity contribution in [3.8, 4) is 11.5 Å². The third kappa shape index (κ3) is 2.76. The molecule has 6 heteroatoms. The van der Waals surface area contributed by atoms with Gasteiger partial charge >= 0.3 is 0 Å². The Hall–Kier alpha value is -1.27. The van der Waals surface area contributed by atoms with Crippen molar-refractivity contribution < 1.29 is 17.9 Å². The Bertz CT molecular complexity index is 599. The number of sulfone groups is 1. The molecular formula is C14H19NO4S. The van der Waals surface area contributed by atoms with E-state index in [-0.39, 0.29) is 18.1 Å². The Labute approximate surface area is 119 Å². The number of benzene rings is 1. The lowest BCUT2D eigenvalue weighted by molar-refractivity contribution is 0.174. The third-order valence-corrected chi connectivity index (χ3v) is 5.67. The SMILES string of the molecule is CS(=O)(=O)C1CCCC1NCc1ccc2c(c1)OCO2. The van der Waals surface area contributed by atoms with Crippen molar-refractivity contribution in [2.45, 2.75) is 37.1 Å². The maximum Gasteiger partial charge on any atom is 0.231 e. The van der Waals surface area contributed by atoms with Crippen LogP contribution in [-0.4, -0.2) is 32.8 Å². The summed E-state index contributed by atoms with van der Waals surface area (Å²) in [4.78, 5) is 0. The Morgan fingerprint density at radius 3 is 2.85 bits per heavy atom. The van der Waals surface area contributed by atoms with Gasteiger partial charge < -0.3 is 14.8 Å². The van der Waals surface area contributed by atoms with Crippen LogP contribution in [0.1, 0.15) is 24.8 Å². The van der Waals surface area contributed by atoms with Crippen LogP contribution in [0.2, 0.25) is 0 Å². The van der Waals surface area contributed by atoms with Crippen molar-refractivity contribution in [3.63, 3.8) is 0 Å². The van der Waals surface area contributed by atoms with Gasteiger partial charge in [-0.1, -0.05) is 12.5 Å². The van der Waals surface area contributed by atoms with Gasteiger partial charge in [-0.3, -0.25) is 0 Å². The van der Waals surface area contributed by atoms with E-state index in [1.165, 1.54) is 6.26 Å². The van der Waals surface area contributed by atoms with Gasteiger partial charge in [0.25, 0.3) is 0 Å². The fourth-order valence-corrected chi connectivity index (χ4v) is 4.40. The van der Waals surface area contributed by atoms with Crippen molar-refractivity contribution in [1.29, 1.82) is 0 Å². The predicted molar refractivity (Wildman–Crippen MR) is 75.7 cm³/mol. The summed E-state index contributed by atoms with van der Waals surface area (Å²) in [5.41, 5.74) is 1.08. The molecule has 2 atom stereocenters. The molecule has 1 N–H and O–H groups in total. The molecule has 110 valence electrons. The van der Waals surface area contributed by atoms with Gasteiger partial charge in [0.15, 0.2) is 21.3 Å². The van der Waals surface area contributed by atoms with Gasteiger partial charge in [-0.15, -0.1) is 0 Å². The lowest BCUT2D eigenvalue weighted by Crippen LogP contribution is -2.39. The summed E-state index contributed by atoms with van der Waals surface area (Å²) in [5, 5.41) is 3.12. The molecule has 1 aromatic carbocycles. The van der Waals surface area contributed by atoms with Crippen LogP contribution in [0, 0.1) is 0 Å². The summed E-state index contributed by atoms with van der Waals surface area (Å²) >= 11 is 0. The molecule has 1 aliphatic heterocycles. The van der Waals surface area contributed by atoms with Crippen LogP contribution in [0.25, 0.3) is 0 Å². The van der Waals surface area contributed by atoms with E-state index < -0.39 is 9.84 Å². The molecule has 1 aliphatic carbocycles. The minimum atomic E-state index is -2.97. The topological polar surface area (TPSA) is 64.6 Å². The van der Waals surface area contributed by atoms with Crippen LogP contribution in [0.15, 0.2) is 18.2 Å². The molecule has 3 rings (SSSR count). The summed E-state index contributed by atoms with van der Waals surface area (Å²) < 4.78 is 34.1. The average Bonchev–Trinajstić information content (AvgIpc) is 3.03. The maximum atomic E-state index is 11.7. The zero-order valence-corrected chi connectivity index (χ0v) is 12.3. The Balaban J connectivity index is 1.65. The first-order valence-corrected chi connectivity index (χ1v) is 8.80. The quantitative estimate of drug-likeness (QED) is 0.912.